The summed E-state index contributed by atoms with van der Waals surface area (Å²) in [7, 11) is -3.63. The van der Waals surface area contributed by atoms with Crippen LogP contribution in [0.4, 0.5) is 5.69 Å². The van der Waals surface area contributed by atoms with Crippen LogP contribution >= 0.6 is 23.4 Å². The number of hydrogen-bond donors (Lipinski definition) is 1. The molecule has 0 radical (unpaired) electrons. The van der Waals surface area contributed by atoms with Gasteiger partial charge in [0.1, 0.15) is 0 Å². The van der Waals surface area contributed by atoms with E-state index in [-0.39, 0.29) is 27.3 Å². The minimum atomic E-state index is -3.63. The van der Waals surface area contributed by atoms with Gasteiger partial charge in [0.05, 0.1) is 27.4 Å². The van der Waals surface area contributed by atoms with Crippen molar-refractivity contribution in [3.63, 3.8) is 0 Å². The van der Waals surface area contributed by atoms with Gasteiger partial charge in [-0.25, -0.2) is 13.1 Å². The van der Waals surface area contributed by atoms with Crippen LogP contribution in [0.25, 0.3) is 0 Å². The van der Waals surface area contributed by atoms with E-state index in [9.17, 15) is 13.2 Å². The quantitative estimate of drug-likeness (QED) is 0.619. The van der Waals surface area contributed by atoms with Crippen LogP contribution in [-0.2, 0) is 14.8 Å². The maximum atomic E-state index is 13.0. The van der Waals surface area contributed by atoms with Crippen LogP contribution in [0.3, 0.4) is 0 Å². The molecule has 0 unspecified atom stereocenters. The van der Waals surface area contributed by atoms with Crippen molar-refractivity contribution in [3.8, 4) is 0 Å². The Bertz CT molecular complexity index is 1020. The maximum Gasteiger partial charge on any atom is 0.243 e. The molecule has 2 heterocycles. The molecule has 0 bridgehead atoms. The Morgan fingerprint density at radius 1 is 1.20 bits per heavy atom. The number of sulfonamides is 1. The second-order valence-corrected chi connectivity index (χ2v) is 10.7. The molecule has 0 atom stereocenters. The third-order valence-electron chi connectivity index (χ3n) is 5.10. The van der Waals surface area contributed by atoms with Crippen LogP contribution in [0.2, 0.25) is 5.02 Å². The Kier molecular flexibility index (Phi) is 6.61. The Balaban J connectivity index is 1.43. The van der Waals surface area contributed by atoms with Gasteiger partial charge in [-0.05, 0) is 54.3 Å². The lowest BCUT2D eigenvalue weighted by Crippen LogP contribution is -2.32. The summed E-state index contributed by atoms with van der Waals surface area (Å²) < 4.78 is 29.3. The Labute approximate surface area is 184 Å². The number of amides is 1. The van der Waals surface area contributed by atoms with Crippen LogP contribution in [0.1, 0.15) is 44.6 Å². The van der Waals surface area contributed by atoms with Crippen molar-refractivity contribution in [3.05, 3.63) is 23.2 Å². The topological polar surface area (TPSA) is 110 Å². The summed E-state index contributed by atoms with van der Waals surface area (Å²) in [5, 5.41) is 15.2. The van der Waals surface area contributed by atoms with Gasteiger partial charge in [0.2, 0.25) is 21.1 Å². The summed E-state index contributed by atoms with van der Waals surface area (Å²) in [5.74, 6) is -0.219. The van der Waals surface area contributed by atoms with Gasteiger partial charge in [-0.15, -0.1) is 5.10 Å². The first kappa shape index (κ1) is 21.5. The number of carbonyl (C=O) groups excluding carboxylic acids is 1. The molecular formula is C18H23ClN6O3S2. The molecule has 1 aliphatic carbocycles. The van der Waals surface area contributed by atoms with Gasteiger partial charge in [-0.1, -0.05) is 36.2 Å². The van der Waals surface area contributed by atoms with E-state index in [4.69, 9.17) is 11.6 Å². The van der Waals surface area contributed by atoms with Crippen molar-refractivity contribution in [2.24, 2.45) is 0 Å². The zero-order chi connectivity index (χ0) is 21.1. The fourth-order valence-corrected chi connectivity index (χ4v) is 5.79. The van der Waals surface area contributed by atoms with Gasteiger partial charge in [0, 0.05) is 13.1 Å². The summed E-state index contributed by atoms with van der Waals surface area (Å²) in [5.41, 5.74) is 0.278. The molecule has 1 saturated carbocycles. The van der Waals surface area contributed by atoms with E-state index in [1.807, 2.05) is 0 Å². The highest BCUT2D eigenvalue weighted by Gasteiger charge is 2.28. The molecule has 2 aliphatic rings. The highest BCUT2D eigenvalue weighted by Crippen LogP contribution is 2.36. The van der Waals surface area contributed by atoms with Crippen molar-refractivity contribution in [1.82, 2.24) is 24.5 Å². The number of anilines is 1. The van der Waals surface area contributed by atoms with Crippen molar-refractivity contribution in [1.29, 1.82) is 0 Å². The van der Waals surface area contributed by atoms with E-state index < -0.39 is 10.0 Å². The highest BCUT2D eigenvalue weighted by molar-refractivity contribution is 7.99. The van der Waals surface area contributed by atoms with Crippen molar-refractivity contribution in [2.75, 3.05) is 24.2 Å². The zero-order valence-corrected chi connectivity index (χ0v) is 18.7. The Morgan fingerprint density at radius 2 is 1.93 bits per heavy atom. The number of nitrogens with one attached hydrogen (secondary N) is 1. The fourth-order valence-electron chi connectivity index (χ4n) is 3.34. The predicted molar refractivity (Wildman–Crippen MR) is 114 cm³/mol. The second kappa shape index (κ2) is 9.21. The smallest absolute Gasteiger partial charge is 0.243 e. The monoisotopic (exact) mass is 470 g/mol. The lowest BCUT2D eigenvalue weighted by Gasteiger charge is -2.20. The van der Waals surface area contributed by atoms with E-state index in [1.54, 1.807) is 4.68 Å². The molecule has 1 amide bonds. The fraction of sp³-hybridized carbons (Fsp3) is 0.556. The molecule has 1 aromatic heterocycles. The van der Waals surface area contributed by atoms with Gasteiger partial charge in [-0.2, -0.15) is 4.31 Å². The average Bonchev–Trinajstić information content (AvgIpc) is 3.51. The lowest BCUT2D eigenvalue weighted by atomic mass is 10.2. The number of carbonyl (C=O) groups is 1. The number of aromatic nitrogens is 4. The van der Waals surface area contributed by atoms with Crippen molar-refractivity contribution >= 4 is 45.0 Å². The van der Waals surface area contributed by atoms with E-state index in [2.05, 4.69) is 20.8 Å². The third kappa shape index (κ3) is 4.96. The van der Waals surface area contributed by atoms with Gasteiger partial charge in [-0.3, -0.25) is 4.79 Å². The van der Waals surface area contributed by atoms with E-state index in [0.29, 0.717) is 24.3 Å². The molecule has 1 aromatic carbocycles. The molecule has 2 aromatic rings. The summed E-state index contributed by atoms with van der Waals surface area (Å²) in [6.07, 6.45) is 5.87. The van der Waals surface area contributed by atoms with Gasteiger partial charge in [0.25, 0.3) is 0 Å². The Morgan fingerprint density at radius 3 is 2.63 bits per heavy atom. The molecule has 0 spiro atoms. The molecule has 1 N–H and O–H groups in total. The molecular weight excluding hydrogens is 448 g/mol. The molecule has 12 heteroatoms. The number of halogens is 1. The zero-order valence-electron chi connectivity index (χ0n) is 16.3. The van der Waals surface area contributed by atoms with Gasteiger partial charge < -0.3 is 5.32 Å². The SMILES string of the molecule is O=C(CSc1nnnn1C1CC1)Nc1cc(S(=O)(=O)N2CCCCCC2)ccc1Cl. The minimum Gasteiger partial charge on any atom is -0.324 e. The predicted octanol–water partition coefficient (Wildman–Crippen LogP) is 2.96. The van der Waals surface area contributed by atoms with Gasteiger partial charge in [0.15, 0.2) is 0 Å². The normalized spacial score (nSPS) is 18.2. The number of tetrazole rings is 1. The van der Waals surface area contributed by atoms with E-state index >= 15 is 0 Å². The Hall–Kier alpha value is -1.69. The van der Waals surface area contributed by atoms with Crippen LogP contribution in [0, 0.1) is 0 Å². The third-order valence-corrected chi connectivity index (χ3v) is 8.26. The molecule has 1 aliphatic heterocycles. The summed E-state index contributed by atoms with van der Waals surface area (Å²) in [4.78, 5) is 12.6. The summed E-state index contributed by atoms with van der Waals surface area (Å²) in [6.45, 7) is 1.03. The molecule has 4 rings (SSSR count). The standard InChI is InChI=1S/C18H23ClN6O3S2/c19-15-8-7-14(30(27,28)24-9-3-1-2-4-10-24)11-16(15)20-17(26)12-29-18-21-22-23-25(18)13-5-6-13/h7-8,11,13H,1-6,9-10,12H2,(H,20,26). The first-order valence-corrected chi connectivity index (χ1v) is 12.8. The largest absolute Gasteiger partial charge is 0.324 e. The number of thioether (sulfide) groups is 1. The first-order chi connectivity index (χ1) is 14.4. The van der Waals surface area contributed by atoms with Crippen LogP contribution in [0.15, 0.2) is 28.3 Å². The average molecular weight is 471 g/mol. The van der Waals surface area contributed by atoms with Crippen LogP contribution < -0.4 is 5.32 Å². The molecule has 1 saturated heterocycles. The molecule has 9 nitrogen and oxygen atoms in total. The van der Waals surface area contributed by atoms with E-state index in [1.165, 1.54) is 34.3 Å². The number of hydrogen-bond acceptors (Lipinski definition) is 7. The molecule has 30 heavy (non-hydrogen) atoms. The number of nitrogens with zero attached hydrogens (tertiary/aromatic N) is 5. The highest BCUT2D eigenvalue weighted by atomic mass is 35.5. The van der Waals surface area contributed by atoms with Crippen molar-refractivity contribution < 1.29 is 13.2 Å². The minimum absolute atomic E-state index is 0.0898. The second-order valence-electron chi connectivity index (χ2n) is 7.43. The lowest BCUT2D eigenvalue weighted by molar-refractivity contribution is -0.113. The number of rotatable bonds is 7. The first-order valence-electron chi connectivity index (χ1n) is 9.95. The molecule has 162 valence electrons. The summed E-state index contributed by atoms with van der Waals surface area (Å²) in [6, 6.07) is 4.74. The van der Waals surface area contributed by atoms with Crippen molar-refractivity contribution in [2.45, 2.75) is 54.6 Å². The van der Waals surface area contributed by atoms with Gasteiger partial charge >= 0.3 is 0 Å². The van der Waals surface area contributed by atoms with Crippen LogP contribution in [0.5, 0.6) is 0 Å². The number of benzene rings is 1. The maximum absolute atomic E-state index is 13.0. The summed E-state index contributed by atoms with van der Waals surface area (Å²) >= 11 is 7.45. The molecule has 2 fully saturated rings. The van der Waals surface area contributed by atoms with E-state index in [0.717, 1.165) is 38.5 Å². The van der Waals surface area contributed by atoms with Crippen LogP contribution in [-0.4, -0.2) is 57.7 Å².